The number of ether oxygens (including phenoxy) is 4. The van der Waals surface area contributed by atoms with Crippen molar-refractivity contribution in [3.05, 3.63) is 35.4 Å². The Morgan fingerprint density at radius 2 is 1.10 bits per heavy atom. The lowest BCUT2D eigenvalue weighted by Crippen LogP contribution is -2.04. The average Bonchev–Trinajstić information content (AvgIpc) is 2.69. The van der Waals surface area contributed by atoms with Crippen molar-refractivity contribution in [2.75, 3.05) is 27.4 Å². The number of rotatable bonds is 9. The summed E-state index contributed by atoms with van der Waals surface area (Å²) in [4.78, 5) is 22.0. The second-order valence-corrected chi connectivity index (χ2v) is 6.57. The third kappa shape index (κ3) is 5.79. The number of aromatic hydroxyl groups is 2. The molecule has 0 aromatic heterocycles. The van der Waals surface area contributed by atoms with Crippen LogP contribution in [0.1, 0.15) is 25.0 Å². The molecule has 2 aromatic carbocycles. The minimum atomic E-state index is -0.385. The standard InChI is InChI=1S/C22H26O8/c1-13(23)29-7-5-15-9-17(21(25)19(11-15)27-3)18-10-16(6-8-30-14(2)24)12-20(28-4)22(18)26/h9-12,25-26H,5-8H2,1-4H3. The molecule has 162 valence electrons. The molecule has 0 unspecified atom stereocenters. The third-order valence-electron chi connectivity index (χ3n) is 4.39. The summed E-state index contributed by atoms with van der Waals surface area (Å²) in [5.74, 6) is -0.637. The molecular weight excluding hydrogens is 392 g/mol. The van der Waals surface area contributed by atoms with Gasteiger partial charge in [-0.3, -0.25) is 9.59 Å². The van der Waals surface area contributed by atoms with Gasteiger partial charge >= 0.3 is 11.9 Å². The van der Waals surface area contributed by atoms with E-state index in [1.54, 1.807) is 24.3 Å². The zero-order valence-corrected chi connectivity index (χ0v) is 17.5. The van der Waals surface area contributed by atoms with E-state index in [1.807, 2.05) is 0 Å². The molecule has 30 heavy (non-hydrogen) atoms. The zero-order chi connectivity index (χ0) is 22.3. The Bertz CT molecular complexity index is 844. The maximum absolute atomic E-state index is 11.0. The molecule has 0 saturated heterocycles. The fourth-order valence-electron chi connectivity index (χ4n) is 2.97. The van der Waals surface area contributed by atoms with Crippen molar-refractivity contribution >= 4 is 11.9 Å². The van der Waals surface area contributed by atoms with Gasteiger partial charge in [0.1, 0.15) is 0 Å². The van der Waals surface area contributed by atoms with E-state index >= 15 is 0 Å². The molecule has 0 radical (unpaired) electrons. The quantitative estimate of drug-likeness (QED) is 0.598. The lowest BCUT2D eigenvalue weighted by atomic mass is 9.96. The first kappa shape index (κ1) is 22.9. The molecule has 0 heterocycles. The van der Waals surface area contributed by atoms with E-state index in [-0.39, 0.29) is 48.2 Å². The number of hydrogen-bond acceptors (Lipinski definition) is 8. The Balaban J connectivity index is 2.48. The van der Waals surface area contributed by atoms with Gasteiger partial charge in [-0.2, -0.15) is 0 Å². The highest BCUT2D eigenvalue weighted by Gasteiger charge is 2.19. The lowest BCUT2D eigenvalue weighted by Gasteiger charge is -2.16. The minimum absolute atomic E-state index is 0.150. The van der Waals surface area contributed by atoms with E-state index < -0.39 is 0 Å². The number of benzene rings is 2. The van der Waals surface area contributed by atoms with Crippen molar-refractivity contribution in [2.45, 2.75) is 26.7 Å². The molecule has 2 rings (SSSR count). The summed E-state index contributed by atoms with van der Waals surface area (Å²) in [6.45, 7) is 2.99. The van der Waals surface area contributed by atoms with Crippen molar-refractivity contribution in [3.63, 3.8) is 0 Å². The third-order valence-corrected chi connectivity index (χ3v) is 4.39. The van der Waals surface area contributed by atoms with Crippen molar-refractivity contribution < 1.29 is 38.7 Å². The van der Waals surface area contributed by atoms with Crippen molar-refractivity contribution in [2.24, 2.45) is 0 Å². The highest BCUT2D eigenvalue weighted by Crippen LogP contribution is 2.45. The molecular formula is C22H26O8. The van der Waals surface area contributed by atoms with Crippen LogP contribution in [0.3, 0.4) is 0 Å². The molecule has 0 fully saturated rings. The van der Waals surface area contributed by atoms with Gasteiger partial charge in [-0.15, -0.1) is 0 Å². The topological polar surface area (TPSA) is 112 Å². The summed E-state index contributed by atoms with van der Waals surface area (Å²) >= 11 is 0. The van der Waals surface area contributed by atoms with Gasteiger partial charge in [0.05, 0.1) is 27.4 Å². The van der Waals surface area contributed by atoms with E-state index in [1.165, 1.54) is 28.1 Å². The number of hydrogen-bond donors (Lipinski definition) is 2. The molecule has 0 spiro atoms. The van der Waals surface area contributed by atoms with Crippen molar-refractivity contribution in [1.82, 2.24) is 0 Å². The van der Waals surface area contributed by atoms with E-state index in [0.717, 1.165) is 11.1 Å². The van der Waals surface area contributed by atoms with E-state index in [9.17, 15) is 19.8 Å². The predicted octanol–water partition coefficient (Wildman–Crippen LogP) is 2.99. The Labute approximate surface area is 175 Å². The molecule has 0 aliphatic heterocycles. The summed E-state index contributed by atoms with van der Waals surface area (Å²) in [7, 11) is 2.84. The first-order chi connectivity index (χ1) is 14.3. The van der Waals surface area contributed by atoms with E-state index in [2.05, 4.69) is 0 Å². The van der Waals surface area contributed by atoms with Crippen LogP contribution in [0.2, 0.25) is 0 Å². The van der Waals surface area contributed by atoms with Crippen LogP contribution in [0.25, 0.3) is 11.1 Å². The number of phenols is 2. The van der Waals surface area contributed by atoms with Crippen LogP contribution in [0.4, 0.5) is 0 Å². The summed E-state index contributed by atoms with van der Waals surface area (Å²) in [6.07, 6.45) is 0.792. The smallest absolute Gasteiger partial charge is 0.302 e. The number of carbonyl (C=O) groups excluding carboxylic acids is 2. The molecule has 8 heteroatoms. The minimum Gasteiger partial charge on any atom is -0.504 e. The predicted molar refractivity (Wildman–Crippen MR) is 109 cm³/mol. The van der Waals surface area contributed by atoms with Gasteiger partial charge in [0, 0.05) is 37.8 Å². The van der Waals surface area contributed by atoms with Crippen molar-refractivity contribution in [3.8, 4) is 34.1 Å². The van der Waals surface area contributed by atoms with Crippen LogP contribution in [-0.4, -0.2) is 49.6 Å². The van der Waals surface area contributed by atoms with Crippen LogP contribution in [0.5, 0.6) is 23.0 Å². The second kappa shape index (κ2) is 10.4. The summed E-state index contributed by atoms with van der Waals surface area (Å²) < 4.78 is 20.5. The molecule has 0 aliphatic carbocycles. The molecule has 2 aromatic rings. The Kier molecular flexibility index (Phi) is 7.91. The maximum Gasteiger partial charge on any atom is 0.302 e. The lowest BCUT2D eigenvalue weighted by molar-refractivity contribution is -0.141. The first-order valence-electron chi connectivity index (χ1n) is 9.33. The van der Waals surface area contributed by atoms with Gasteiger partial charge in [0.25, 0.3) is 0 Å². The largest absolute Gasteiger partial charge is 0.504 e. The molecule has 0 aliphatic rings. The Morgan fingerprint density at radius 1 is 0.733 bits per heavy atom. The summed E-state index contributed by atoms with van der Waals surface area (Å²) in [6, 6.07) is 6.65. The van der Waals surface area contributed by atoms with Gasteiger partial charge < -0.3 is 29.2 Å². The number of methoxy groups -OCH3 is 2. The monoisotopic (exact) mass is 418 g/mol. The van der Waals surface area contributed by atoms with E-state index in [0.29, 0.717) is 24.0 Å². The summed E-state index contributed by atoms with van der Waals surface area (Å²) in [5, 5.41) is 21.4. The van der Waals surface area contributed by atoms with Gasteiger partial charge in [-0.25, -0.2) is 0 Å². The maximum atomic E-state index is 11.0. The molecule has 0 bridgehead atoms. The van der Waals surface area contributed by atoms with Crippen molar-refractivity contribution in [1.29, 1.82) is 0 Å². The molecule has 2 N–H and O–H groups in total. The number of carbonyl (C=O) groups is 2. The normalized spacial score (nSPS) is 10.4. The van der Waals surface area contributed by atoms with Crippen LogP contribution in [0.15, 0.2) is 24.3 Å². The fraction of sp³-hybridized carbons (Fsp3) is 0.364. The Hall–Kier alpha value is -3.42. The first-order valence-corrected chi connectivity index (χ1v) is 9.33. The van der Waals surface area contributed by atoms with Crippen LogP contribution < -0.4 is 9.47 Å². The number of phenolic OH excluding ortho intramolecular Hbond substituents is 2. The van der Waals surface area contributed by atoms with Gasteiger partial charge in [-0.1, -0.05) is 0 Å². The highest BCUT2D eigenvalue weighted by atomic mass is 16.5. The van der Waals surface area contributed by atoms with Gasteiger partial charge in [0.2, 0.25) is 0 Å². The molecule has 0 amide bonds. The zero-order valence-electron chi connectivity index (χ0n) is 17.5. The number of esters is 2. The second-order valence-electron chi connectivity index (χ2n) is 6.57. The Morgan fingerprint density at radius 3 is 1.40 bits per heavy atom. The van der Waals surface area contributed by atoms with Crippen LogP contribution in [0, 0.1) is 0 Å². The SMILES string of the molecule is COc1cc(CCOC(C)=O)cc(-c2cc(CCOC(C)=O)cc(OC)c2O)c1O. The van der Waals surface area contributed by atoms with Crippen LogP contribution >= 0.6 is 0 Å². The average molecular weight is 418 g/mol. The summed E-state index contributed by atoms with van der Waals surface area (Å²) in [5.41, 5.74) is 2.14. The molecule has 8 nitrogen and oxygen atoms in total. The van der Waals surface area contributed by atoms with E-state index in [4.69, 9.17) is 18.9 Å². The fourth-order valence-corrected chi connectivity index (χ4v) is 2.97. The van der Waals surface area contributed by atoms with Gasteiger partial charge in [0.15, 0.2) is 23.0 Å². The van der Waals surface area contributed by atoms with Crippen LogP contribution in [-0.2, 0) is 31.9 Å². The molecule has 0 atom stereocenters. The highest BCUT2D eigenvalue weighted by molar-refractivity contribution is 5.81. The van der Waals surface area contributed by atoms with Gasteiger partial charge in [-0.05, 0) is 35.4 Å². The molecule has 0 saturated carbocycles.